The number of esters is 3. The molecule has 422 valence electrons. The minimum atomic E-state index is -0.805. The van der Waals surface area contributed by atoms with Gasteiger partial charge in [-0.2, -0.15) is 0 Å². The molecule has 1 atom stereocenters. The first-order valence-electron chi connectivity index (χ1n) is 30.3. The van der Waals surface area contributed by atoms with Gasteiger partial charge in [-0.05, 0) is 122 Å². The fourth-order valence-electron chi connectivity index (χ4n) is 7.86. The topological polar surface area (TPSA) is 78.9 Å². The molecule has 1 unspecified atom stereocenters. The number of carbonyl (C=O) groups excluding carboxylic acids is 3. The van der Waals surface area contributed by atoms with Gasteiger partial charge in [-0.25, -0.2) is 0 Å². The van der Waals surface area contributed by atoms with E-state index in [9.17, 15) is 14.4 Å². The lowest BCUT2D eigenvalue weighted by molar-refractivity contribution is -0.167. The van der Waals surface area contributed by atoms with Gasteiger partial charge in [0.15, 0.2) is 6.10 Å². The third kappa shape index (κ3) is 60.0. The van der Waals surface area contributed by atoms with Crippen LogP contribution < -0.4 is 0 Å². The third-order valence-electron chi connectivity index (χ3n) is 12.3. The smallest absolute Gasteiger partial charge is 0.306 e. The minimum Gasteiger partial charge on any atom is -0.462 e. The van der Waals surface area contributed by atoms with Crippen molar-refractivity contribution in [1.82, 2.24) is 0 Å². The molecule has 75 heavy (non-hydrogen) atoms. The van der Waals surface area contributed by atoms with E-state index < -0.39 is 6.10 Å². The van der Waals surface area contributed by atoms with Crippen LogP contribution in [0.15, 0.2) is 146 Å². The molecule has 0 aromatic rings. The fourth-order valence-corrected chi connectivity index (χ4v) is 7.86. The van der Waals surface area contributed by atoms with Crippen LogP contribution in [0.5, 0.6) is 0 Å². The van der Waals surface area contributed by atoms with E-state index in [2.05, 4.69) is 167 Å². The molecule has 0 saturated carbocycles. The first-order valence-corrected chi connectivity index (χ1v) is 30.3. The standard InChI is InChI=1S/C69H110O6/c1-4-7-10-13-16-19-22-24-26-27-28-29-30-31-32-33-34-35-36-37-38-39-40-41-43-44-47-50-53-56-59-62-68(71)74-65-66(64-73-67(70)61-58-55-52-49-46-21-18-15-12-9-6-3)75-69(72)63-60-57-54-51-48-45-42-25-23-20-17-14-11-8-5-2/h7-8,10-11,16-17,19-20,24-26,28-29,31-32,34-35,37-38,40-42,44,47,66H,4-6,9,12-15,18,21-23,27,30,33,36,39,43,45-46,48-65H2,1-3H3/b10-7-,11-8-,19-16-,20-17-,26-24-,29-28-,32-31-,35-34-,38-37-,41-40-,42-25-,47-44-. The lowest BCUT2D eigenvalue weighted by atomic mass is 10.1. The Hall–Kier alpha value is -4.71. The lowest BCUT2D eigenvalue weighted by Gasteiger charge is -2.18. The van der Waals surface area contributed by atoms with Crippen molar-refractivity contribution in [3.05, 3.63) is 146 Å². The van der Waals surface area contributed by atoms with Crippen molar-refractivity contribution in [2.24, 2.45) is 0 Å². The Labute approximate surface area is 461 Å². The maximum atomic E-state index is 12.8. The largest absolute Gasteiger partial charge is 0.462 e. The van der Waals surface area contributed by atoms with Crippen molar-refractivity contribution in [2.45, 2.75) is 258 Å². The predicted molar refractivity (Wildman–Crippen MR) is 325 cm³/mol. The van der Waals surface area contributed by atoms with Crippen molar-refractivity contribution in [3.8, 4) is 0 Å². The summed E-state index contributed by atoms with van der Waals surface area (Å²) in [5, 5.41) is 0. The molecule has 0 saturated heterocycles. The summed E-state index contributed by atoms with van der Waals surface area (Å²) in [4.78, 5) is 38.1. The molecule has 0 aromatic heterocycles. The summed E-state index contributed by atoms with van der Waals surface area (Å²) in [7, 11) is 0. The summed E-state index contributed by atoms with van der Waals surface area (Å²) in [5.41, 5.74) is 0. The van der Waals surface area contributed by atoms with Crippen LogP contribution in [0, 0.1) is 0 Å². The van der Waals surface area contributed by atoms with Gasteiger partial charge in [-0.15, -0.1) is 0 Å². The van der Waals surface area contributed by atoms with Crippen LogP contribution in [0.25, 0.3) is 0 Å². The van der Waals surface area contributed by atoms with Crippen molar-refractivity contribution >= 4 is 17.9 Å². The second-order valence-corrected chi connectivity index (χ2v) is 19.5. The predicted octanol–water partition coefficient (Wildman–Crippen LogP) is 20.8. The Bertz CT molecular complexity index is 1660. The summed E-state index contributed by atoms with van der Waals surface area (Å²) < 4.78 is 16.8. The van der Waals surface area contributed by atoms with Gasteiger partial charge < -0.3 is 14.2 Å². The zero-order valence-electron chi connectivity index (χ0n) is 48.3. The lowest BCUT2D eigenvalue weighted by Crippen LogP contribution is -2.30. The average molecular weight is 1040 g/mol. The first kappa shape index (κ1) is 70.3. The van der Waals surface area contributed by atoms with Gasteiger partial charge in [0.25, 0.3) is 0 Å². The molecule has 6 heteroatoms. The zero-order chi connectivity index (χ0) is 54.3. The van der Waals surface area contributed by atoms with Gasteiger partial charge in [0.2, 0.25) is 0 Å². The van der Waals surface area contributed by atoms with Crippen LogP contribution in [0.1, 0.15) is 252 Å². The van der Waals surface area contributed by atoms with E-state index in [1.807, 2.05) is 0 Å². The molecule has 0 spiro atoms. The zero-order valence-corrected chi connectivity index (χ0v) is 48.3. The van der Waals surface area contributed by atoms with Crippen molar-refractivity contribution in [1.29, 1.82) is 0 Å². The number of unbranched alkanes of at least 4 members (excludes halogenated alkanes) is 18. The van der Waals surface area contributed by atoms with Crippen molar-refractivity contribution in [3.63, 3.8) is 0 Å². The van der Waals surface area contributed by atoms with E-state index >= 15 is 0 Å². The van der Waals surface area contributed by atoms with E-state index in [0.717, 1.165) is 161 Å². The summed E-state index contributed by atoms with van der Waals surface area (Å²) in [6.45, 7) is 6.36. The number of carbonyl (C=O) groups is 3. The van der Waals surface area contributed by atoms with Gasteiger partial charge in [0.05, 0.1) is 0 Å². The van der Waals surface area contributed by atoms with Gasteiger partial charge in [0.1, 0.15) is 13.2 Å². The molecular weight excluding hydrogens is 925 g/mol. The Morgan fingerprint density at radius 1 is 0.280 bits per heavy atom. The Kier molecular flexibility index (Phi) is 58.0. The summed E-state index contributed by atoms with van der Waals surface area (Å²) in [6.07, 6.45) is 88.5. The van der Waals surface area contributed by atoms with E-state index in [-0.39, 0.29) is 31.1 Å². The van der Waals surface area contributed by atoms with Crippen LogP contribution in [-0.4, -0.2) is 37.2 Å². The molecule has 0 aromatic carbocycles. The van der Waals surface area contributed by atoms with Crippen LogP contribution in [0.2, 0.25) is 0 Å². The molecule has 0 aliphatic heterocycles. The maximum absolute atomic E-state index is 12.8. The molecule has 0 amide bonds. The Morgan fingerprint density at radius 3 is 0.827 bits per heavy atom. The maximum Gasteiger partial charge on any atom is 0.306 e. The summed E-state index contributed by atoms with van der Waals surface area (Å²) in [6, 6.07) is 0. The fraction of sp³-hybridized carbons (Fsp3) is 0.609. The van der Waals surface area contributed by atoms with E-state index in [0.29, 0.717) is 19.3 Å². The average Bonchev–Trinajstić information content (AvgIpc) is 3.41. The summed E-state index contributed by atoms with van der Waals surface area (Å²) >= 11 is 0. The summed E-state index contributed by atoms with van der Waals surface area (Å²) in [5.74, 6) is -0.955. The van der Waals surface area contributed by atoms with Gasteiger partial charge in [-0.3, -0.25) is 14.4 Å². The number of ether oxygens (including phenoxy) is 3. The van der Waals surface area contributed by atoms with E-state index in [4.69, 9.17) is 14.2 Å². The molecule has 0 radical (unpaired) electrons. The Morgan fingerprint density at radius 2 is 0.520 bits per heavy atom. The number of rotatable bonds is 53. The van der Waals surface area contributed by atoms with Gasteiger partial charge >= 0.3 is 17.9 Å². The van der Waals surface area contributed by atoms with Crippen LogP contribution in [0.4, 0.5) is 0 Å². The highest BCUT2D eigenvalue weighted by atomic mass is 16.6. The van der Waals surface area contributed by atoms with E-state index in [1.54, 1.807) is 0 Å². The minimum absolute atomic E-state index is 0.0988. The number of hydrogen-bond donors (Lipinski definition) is 0. The Balaban J connectivity index is 4.36. The molecule has 0 fully saturated rings. The molecule has 0 rings (SSSR count). The monoisotopic (exact) mass is 1030 g/mol. The number of hydrogen-bond acceptors (Lipinski definition) is 6. The molecule has 0 aliphatic rings. The van der Waals surface area contributed by atoms with Crippen LogP contribution in [0.3, 0.4) is 0 Å². The van der Waals surface area contributed by atoms with Crippen LogP contribution in [-0.2, 0) is 28.6 Å². The van der Waals surface area contributed by atoms with Gasteiger partial charge in [-0.1, -0.05) is 256 Å². The highest BCUT2D eigenvalue weighted by molar-refractivity contribution is 5.71. The van der Waals surface area contributed by atoms with Crippen molar-refractivity contribution in [2.75, 3.05) is 13.2 Å². The molecule has 0 aliphatic carbocycles. The van der Waals surface area contributed by atoms with Crippen LogP contribution >= 0.6 is 0 Å². The highest BCUT2D eigenvalue weighted by Crippen LogP contribution is 2.14. The quantitative estimate of drug-likeness (QED) is 0.0261. The normalized spacial score (nSPS) is 13.2. The second kappa shape index (κ2) is 61.8. The third-order valence-corrected chi connectivity index (χ3v) is 12.3. The first-order chi connectivity index (χ1) is 37.0. The SMILES string of the molecule is CC/C=C\C/C=C\C/C=C\C/C=C\C/C=C\C/C=C\C/C=C\C/C=C\C/C=C\CCCCCC(=O)OCC(COC(=O)CCCCCCCCCCCCC)OC(=O)CCCCCCC/C=C\C/C=C\C/C=C\CC. The molecular formula is C69H110O6. The highest BCUT2D eigenvalue weighted by Gasteiger charge is 2.19. The molecule has 6 nitrogen and oxygen atoms in total. The molecule has 0 heterocycles. The molecule has 0 bridgehead atoms. The van der Waals surface area contributed by atoms with E-state index in [1.165, 1.54) is 51.4 Å². The van der Waals surface area contributed by atoms with Gasteiger partial charge in [0, 0.05) is 19.3 Å². The number of allylic oxidation sites excluding steroid dienone is 24. The van der Waals surface area contributed by atoms with Crippen molar-refractivity contribution < 1.29 is 28.6 Å². The second-order valence-electron chi connectivity index (χ2n) is 19.5. The molecule has 0 N–H and O–H groups in total.